The fourth-order valence-corrected chi connectivity index (χ4v) is 2.32. The van der Waals surface area contributed by atoms with Gasteiger partial charge in [0.05, 0.1) is 13.5 Å². The van der Waals surface area contributed by atoms with Crippen molar-refractivity contribution in [2.45, 2.75) is 24.9 Å². The van der Waals surface area contributed by atoms with E-state index in [-0.39, 0.29) is 18.1 Å². The highest BCUT2D eigenvalue weighted by Crippen LogP contribution is 2.36. The molecule has 1 aliphatic rings. The van der Waals surface area contributed by atoms with Crippen LogP contribution >= 0.6 is 0 Å². The Morgan fingerprint density at radius 2 is 2.18 bits per heavy atom. The smallest absolute Gasteiger partial charge is 0.306 e. The van der Waals surface area contributed by atoms with E-state index in [0.717, 1.165) is 6.42 Å². The summed E-state index contributed by atoms with van der Waals surface area (Å²) in [6.45, 7) is 0.623. The van der Waals surface area contributed by atoms with Crippen molar-refractivity contribution in [1.29, 1.82) is 0 Å². The van der Waals surface area contributed by atoms with Crippen LogP contribution in [0.25, 0.3) is 0 Å². The number of rotatable bonds is 4. The standard InChI is InChI=1S/C13H18N2O2/c1-17-13(16)6-7-15-12-8-11(14)9-4-2-3-5-10(9)12/h2-5,11-12,15H,6-8,14H2,1H3. The largest absolute Gasteiger partial charge is 0.469 e. The van der Waals surface area contributed by atoms with E-state index in [1.54, 1.807) is 0 Å². The quantitative estimate of drug-likeness (QED) is 0.770. The minimum Gasteiger partial charge on any atom is -0.469 e. The lowest BCUT2D eigenvalue weighted by Crippen LogP contribution is -2.23. The normalized spacial score (nSPS) is 22.2. The molecule has 0 aliphatic heterocycles. The molecule has 0 spiro atoms. The van der Waals surface area contributed by atoms with Gasteiger partial charge >= 0.3 is 5.97 Å². The zero-order chi connectivity index (χ0) is 12.3. The van der Waals surface area contributed by atoms with Gasteiger partial charge < -0.3 is 15.8 Å². The molecule has 0 saturated heterocycles. The second-order valence-electron chi connectivity index (χ2n) is 4.30. The Morgan fingerprint density at radius 1 is 1.47 bits per heavy atom. The molecule has 4 nitrogen and oxygen atoms in total. The van der Waals surface area contributed by atoms with E-state index in [9.17, 15) is 4.79 Å². The van der Waals surface area contributed by atoms with Gasteiger partial charge in [0.2, 0.25) is 0 Å². The van der Waals surface area contributed by atoms with Crippen molar-refractivity contribution in [3.05, 3.63) is 35.4 Å². The minimum absolute atomic E-state index is 0.0989. The van der Waals surface area contributed by atoms with Crippen LogP contribution in [0, 0.1) is 0 Å². The van der Waals surface area contributed by atoms with Crippen molar-refractivity contribution in [2.75, 3.05) is 13.7 Å². The third kappa shape index (κ3) is 2.65. The molecular formula is C13H18N2O2. The lowest BCUT2D eigenvalue weighted by atomic mass is 10.1. The number of carbonyl (C=O) groups is 1. The van der Waals surface area contributed by atoms with E-state index in [1.807, 2.05) is 12.1 Å². The van der Waals surface area contributed by atoms with Gasteiger partial charge in [-0.1, -0.05) is 24.3 Å². The van der Waals surface area contributed by atoms with Crippen molar-refractivity contribution < 1.29 is 9.53 Å². The van der Waals surface area contributed by atoms with Gasteiger partial charge in [0.1, 0.15) is 0 Å². The Balaban J connectivity index is 1.94. The van der Waals surface area contributed by atoms with Crippen molar-refractivity contribution in [2.24, 2.45) is 5.73 Å². The van der Waals surface area contributed by atoms with E-state index in [4.69, 9.17) is 5.73 Å². The topological polar surface area (TPSA) is 64.3 Å². The molecule has 0 saturated carbocycles. The number of hydrogen-bond acceptors (Lipinski definition) is 4. The second kappa shape index (κ2) is 5.29. The number of hydrogen-bond donors (Lipinski definition) is 2. The summed E-state index contributed by atoms with van der Waals surface area (Å²) in [6, 6.07) is 8.55. The van der Waals surface area contributed by atoms with Gasteiger partial charge in [-0.15, -0.1) is 0 Å². The first-order valence-corrected chi connectivity index (χ1v) is 5.87. The van der Waals surface area contributed by atoms with Crippen LogP contribution in [0.2, 0.25) is 0 Å². The molecule has 0 bridgehead atoms. The van der Waals surface area contributed by atoms with Gasteiger partial charge in [-0.25, -0.2) is 0 Å². The Kier molecular flexibility index (Phi) is 3.76. The number of carbonyl (C=O) groups excluding carboxylic acids is 1. The van der Waals surface area contributed by atoms with Crippen molar-refractivity contribution in [3.63, 3.8) is 0 Å². The molecule has 3 N–H and O–H groups in total. The molecule has 0 amide bonds. The summed E-state index contributed by atoms with van der Waals surface area (Å²) in [5, 5.41) is 3.35. The van der Waals surface area contributed by atoms with Gasteiger partial charge in [-0.2, -0.15) is 0 Å². The molecule has 2 unspecified atom stereocenters. The van der Waals surface area contributed by atoms with Crippen LogP contribution in [-0.4, -0.2) is 19.6 Å². The number of fused-ring (bicyclic) bond motifs is 1. The number of benzene rings is 1. The van der Waals surface area contributed by atoms with Gasteiger partial charge in [0, 0.05) is 18.6 Å². The fourth-order valence-electron chi connectivity index (χ4n) is 2.32. The molecule has 2 rings (SSSR count). The number of nitrogens with two attached hydrogens (primary N) is 1. The summed E-state index contributed by atoms with van der Waals surface area (Å²) in [7, 11) is 1.41. The molecule has 0 aromatic heterocycles. The molecule has 1 aromatic carbocycles. The zero-order valence-electron chi connectivity index (χ0n) is 9.98. The maximum absolute atomic E-state index is 11.0. The first-order valence-electron chi connectivity index (χ1n) is 5.87. The molecule has 0 heterocycles. The predicted molar refractivity (Wildman–Crippen MR) is 65.4 cm³/mol. The maximum Gasteiger partial charge on any atom is 0.306 e. The average molecular weight is 234 g/mol. The molecule has 92 valence electrons. The van der Waals surface area contributed by atoms with Crippen molar-refractivity contribution in [3.8, 4) is 0 Å². The number of nitrogens with one attached hydrogen (secondary N) is 1. The Hall–Kier alpha value is -1.39. The lowest BCUT2D eigenvalue weighted by Gasteiger charge is -2.13. The third-order valence-electron chi connectivity index (χ3n) is 3.21. The highest BCUT2D eigenvalue weighted by atomic mass is 16.5. The number of esters is 1. The van der Waals surface area contributed by atoms with Crippen molar-refractivity contribution in [1.82, 2.24) is 5.32 Å². The zero-order valence-corrected chi connectivity index (χ0v) is 9.98. The highest BCUT2D eigenvalue weighted by Gasteiger charge is 2.27. The Morgan fingerprint density at radius 3 is 2.88 bits per heavy atom. The average Bonchev–Trinajstić information content (AvgIpc) is 2.67. The van der Waals surface area contributed by atoms with E-state index in [2.05, 4.69) is 22.2 Å². The molecule has 2 atom stereocenters. The van der Waals surface area contributed by atoms with Gasteiger partial charge in [0.25, 0.3) is 0 Å². The summed E-state index contributed by atoms with van der Waals surface area (Å²) in [6.07, 6.45) is 1.28. The summed E-state index contributed by atoms with van der Waals surface area (Å²) >= 11 is 0. The van der Waals surface area contributed by atoms with Crippen LogP contribution in [0.3, 0.4) is 0 Å². The van der Waals surface area contributed by atoms with Crippen LogP contribution in [0.5, 0.6) is 0 Å². The monoisotopic (exact) mass is 234 g/mol. The van der Waals surface area contributed by atoms with E-state index >= 15 is 0 Å². The molecule has 17 heavy (non-hydrogen) atoms. The number of ether oxygens (including phenoxy) is 1. The van der Waals surface area contributed by atoms with Gasteiger partial charge in [-0.3, -0.25) is 4.79 Å². The van der Waals surface area contributed by atoms with E-state index in [1.165, 1.54) is 18.2 Å². The fraction of sp³-hybridized carbons (Fsp3) is 0.462. The molecule has 0 fully saturated rings. The lowest BCUT2D eigenvalue weighted by molar-refractivity contribution is -0.140. The van der Waals surface area contributed by atoms with Crippen LogP contribution < -0.4 is 11.1 Å². The molecule has 1 aliphatic carbocycles. The SMILES string of the molecule is COC(=O)CCNC1CC(N)c2ccccc21. The van der Waals surface area contributed by atoms with Crippen LogP contribution in [-0.2, 0) is 9.53 Å². The third-order valence-corrected chi connectivity index (χ3v) is 3.21. The van der Waals surface area contributed by atoms with Gasteiger partial charge in [0.15, 0.2) is 0 Å². The summed E-state index contributed by atoms with van der Waals surface area (Å²) in [4.78, 5) is 11.0. The maximum atomic E-state index is 11.0. The second-order valence-corrected chi connectivity index (χ2v) is 4.30. The van der Waals surface area contributed by atoms with Gasteiger partial charge in [-0.05, 0) is 17.5 Å². The molecule has 4 heteroatoms. The summed E-state index contributed by atoms with van der Waals surface area (Å²) < 4.78 is 4.60. The molecule has 0 radical (unpaired) electrons. The van der Waals surface area contributed by atoms with E-state index < -0.39 is 0 Å². The predicted octanol–water partition coefficient (Wildman–Crippen LogP) is 1.28. The Bertz CT molecular complexity index is 406. The first kappa shape index (κ1) is 12.1. The summed E-state index contributed by atoms with van der Waals surface area (Å²) in [5.74, 6) is -0.187. The van der Waals surface area contributed by atoms with Crippen molar-refractivity contribution >= 4 is 5.97 Å². The van der Waals surface area contributed by atoms with Crippen LogP contribution in [0.1, 0.15) is 36.1 Å². The highest BCUT2D eigenvalue weighted by molar-refractivity contribution is 5.69. The number of methoxy groups -OCH3 is 1. The van der Waals surface area contributed by atoms with E-state index in [0.29, 0.717) is 13.0 Å². The first-order chi connectivity index (χ1) is 8.22. The molecule has 1 aromatic rings. The Labute approximate surface area is 101 Å². The van der Waals surface area contributed by atoms with Crippen LogP contribution in [0.4, 0.5) is 0 Å². The minimum atomic E-state index is -0.187. The summed E-state index contributed by atoms with van der Waals surface area (Å²) in [5.41, 5.74) is 8.53. The molecular weight excluding hydrogens is 216 g/mol. The van der Waals surface area contributed by atoms with Crippen LogP contribution in [0.15, 0.2) is 24.3 Å².